The first-order valence-corrected chi connectivity index (χ1v) is 11.7. The Balaban J connectivity index is 1.53. The number of amides is 1. The maximum absolute atomic E-state index is 12.0. The molecule has 2 heterocycles. The van der Waals surface area contributed by atoms with Crippen LogP contribution in [0.15, 0.2) is 30.6 Å². The van der Waals surface area contributed by atoms with Crippen LogP contribution in [-0.4, -0.2) is 59.4 Å². The third-order valence-corrected chi connectivity index (χ3v) is 5.83. The Morgan fingerprint density at radius 3 is 2.70 bits per heavy atom. The average molecular weight is 477 g/mol. The van der Waals surface area contributed by atoms with Crippen LogP contribution in [0.5, 0.6) is 11.6 Å². The predicted octanol–water partition coefficient (Wildman–Crippen LogP) is 3.42. The predicted molar refractivity (Wildman–Crippen MR) is 128 cm³/mol. The molecule has 2 unspecified atom stereocenters. The van der Waals surface area contributed by atoms with Crippen molar-refractivity contribution in [2.75, 3.05) is 37.7 Å². The average Bonchev–Trinajstić information content (AvgIpc) is 3.25. The summed E-state index contributed by atoms with van der Waals surface area (Å²) in [5, 5.41) is 13.1. The van der Waals surface area contributed by atoms with Crippen molar-refractivity contribution in [2.45, 2.75) is 45.6 Å². The van der Waals surface area contributed by atoms with E-state index in [0.29, 0.717) is 29.9 Å². The summed E-state index contributed by atoms with van der Waals surface area (Å²) in [5.74, 6) is 1.83. The Bertz CT molecular complexity index is 933. The first kappa shape index (κ1) is 25.1. The first-order valence-electron chi connectivity index (χ1n) is 11.3. The minimum Gasteiger partial charge on any atom is -0.493 e. The number of anilines is 1. The molecule has 3 rings (SSSR count). The monoisotopic (exact) mass is 476 g/mol. The molecule has 9 heteroatoms. The number of likely N-dealkylation sites (N-methyl/N-ethyl adjacent to an activating group) is 1. The lowest BCUT2D eigenvalue weighted by molar-refractivity contribution is -0.122. The molecule has 1 aromatic carbocycles. The Morgan fingerprint density at radius 2 is 2.03 bits per heavy atom. The van der Waals surface area contributed by atoms with E-state index in [9.17, 15) is 9.90 Å². The topological polar surface area (TPSA) is 96.8 Å². The quantitative estimate of drug-likeness (QED) is 0.542. The molecule has 0 aliphatic carbocycles. The number of carbonyl (C=O) groups excluding carboxylic acids is 1. The highest BCUT2D eigenvalue weighted by molar-refractivity contribution is 6.34. The van der Waals surface area contributed by atoms with Crippen molar-refractivity contribution in [3.8, 4) is 11.6 Å². The highest BCUT2D eigenvalue weighted by Gasteiger charge is 2.27. The number of nitrogens with zero attached hydrogens (tertiary/aromatic N) is 3. The molecule has 1 aliphatic rings. The van der Waals surface area contributed by atoms with Crippen LogP contribution >= 0.6 is 11.6 Å². The van der Waals surface area contributed by atoms with Gasteiger partial charge in [-0.15, -0.1) is 0 Å². The van der Waals surface area contributed by atoms with Gasteiger partial charge in [0.05, 0.1) is 18.1 Å². The standard InChI is InChI=1S/C24H33ClN4O4/c1-5-26-22(30)16(2)18-6-8-19(9-7-18)32-13-17-10-11-29(12-17)21-20(25)23(28-15-27-21)33-14-24(3,4)31/h6-9,15-17,31H,5,10-14H2,1-4H3,(H,26,30). The van der Waals surface area contributed by atoms with Crippen LogP contribution in [0.25, 0.3) is 0 Å². The zero-order valence-corrected chi connectivity index (χ0v) is 20.4. The largest absolute Gasteiger partial charge is 0.493 e. The Morgan fingerprint density at radius 1 is 1.30 bits per heavy atom. The number of carbonyl (C=O) groups is 1. The fourth-order valence-corrected chi connectivity index (χ4v) is 3.89. The van der Waals surface area contributed by atoms with Crippen LogP contribution in [0, 0.1) is 5.92 Å². The molecule has 1 aliphatic heterocycles. The number of halogens is 1. The normalized spacial score (nSPS) is 17.0. The molecule has 33 heavy (non-hydrogen) atoms. The third-order valence-electron chi connectivity index (χ3n) is 5.50. The van der Waals surface area contributed by atoms with Gasteiger partial charge in [-0.1, -0.05) is 23.7 Å². The number of benzene rings is 1. The van der Waals surface area contributed by atoms with Gasteiger partial charge in [-0.2, -0.15) is 0 Å². The number of hydrogen-bond donors (Lipinski definition) is 2. The molecule has 1 saturated heterocycles. The van der Waals surface area contributed by atoms with Crippen molar-refractivity contribution in [3.63, 3.8) is 0 Å². The van der Waals surface area contributed by atoms with Crippen molar-refractivity contribution >= 4 is 23.3 Å². The Hall–Kier alpha value is -2.58. The number of ether oxygens (including phenoxy) is 2. The number of rotatable bonds is 10. The van der Waals surface area contributed by atoms with Crippen molar-refractivity contribution in [1.82, 2.24) is 15.3 Å². The summed E-state index contributed by atoms with van der Waals surface area (Å²) < 4.78 is 11.6. The summed E-state index contributed by atoms with van der Waals surface area (Å²) in [5.41, 5.74) is -0.0239. The van der Waals surface area contributed by atoms with E-state index in [4.69, 9.17) is 21.1 Å². The fraction of sp³-hybridized carbons (Fsp3) is 0.542. The molecule has 8 nitrogen and oxygen atoms in total. The number of aliphatic hydroxyl groups is 1. The lowest BCUT2D eigenvalue weighted by Crippen LogP contribution is -2.28. The zero-order chi connectivity index (χ0) is 24.0. The van der Waals surface area contributed by atoms with E-state index in [1.165, 1.54) is 6.33 Å². The van der Waals surface area contributed by atoms with Crippen LogP contribution in [0.2, 0.25) is 5.02 Å². The molecule has 0 saturated carbocycles. The SMILES string of the molecule is CCNC(=O)C(C)c1ccc(OCC2CCN(c3ncnc(OCC(C)(C)O)c3Cl)C2)cc1. The molecular weight excluding hydrogens is 444 g/mol. The summed E-state index contributed by atoms with van der Waals surface area (Å²) in [7, 11) is 0. The molecule has 2 N–H and O–H groups in total. The van der Waals surface area contributed by atoms with Crippen molar-refractivity contribution in [1.29, 1.82) is 0 Å². The van der Waals surface area contributed by atoms with E-state index in [1.807, 2.05) is 38.1 Å². The summed E-state index contributed by atoms with van der Waals surface area (Å²) in [4.78, 5) is 22.6. The minimum atomic E-state index is -0.983. The number of hydrogen-bond acceptors (Lipinski definition) is 7. The van der Waals surface area contributed by atoms with E-state index in [-0.39, 0.29) is 24.3 Å². The van der Waals surface area contributed by atoms with Crippen LogP contribution in [-0.2, 0) is 4.79 Å². The van der Waals surface area contributed by atoms with Gasteiger partial charge in [-0.3, -0.25) is 4.79 Å². The smallest absolute Gasteiger partial charge is 0.238 e. The van der Waals surface area contributed by atoms with E-state index in [2.05, 4.69) is 20.2 Å². The molecule has 0 radical (unpaired) electrons. The van der Waals surface area contributed by atoms with Crippen molar-refractivity contribution < 1.29 is 19.4 Å². The van der Waals surface area contributed by atoms with E-state index in [1.54, 1.807) is 13.8 Å². The molecule has 1 fully saturated rings. The van der Waals surface area contributed by atoms with Gasteiger partial charge in [0.25, 0.3) is 0 Å². The molecule has 0 spiro atoms. The van der Waals surface area contributed by atoms with Gasteiger partial charge < -0.3 is 24.8 Å². The lowest BCUT2D eigenvalue weighted by Gasteiger charge is -2.21. The van der Waals surface area contributed by atoms with Gasteiger partial charge in [-0.05, 0) is 51.8 Å². The maximum Gasteiger partial charge on any atom is 0.238 e. The third kappa shape index (κ3) is 6.95. The fourth-order valence-electron chi connectivity index (χ4n) is 3.62. The van der Waals surface area contributed by atoms with E-state index >= 15 is 0 Å². The molecule has 2 atom stereocenters. The summed E-state index contributed by atoms with van der Waals surface area (Å²) in [6, 6.07) is 7.69. The molecule has 1 aromatic heterocycles. The number of aromatic nitrogens is 2. The van der Waals surface area contributed by atoms with Gasteiger partial charge in [0, 0.05) is 25.6 Å². The number of nitrogens with one attached hydrogen (secondary N) is 1. The summed E-state index contributed by atoms with van der Waals surface area (Å²) in [6.07, 6.45) is 2.38. The Labute approximate surface area is 200 Å². The van der Waals surface area contributed by atoms with Gasteiger partial charge >= 0.3 is 0 Å². The van der Waals surface area contributed by atoms with Crippen LogP contribution < -0.4 is 19.7 Å². The van der Waals surface area contributed by atoms with E-state index in [0.717, 1.165) is 30.8 Å². The molecule has 1 amide bonds. The second kappa shape index (κ2) is 11.0. The van der Waals surface area contributed by atoms with Crippen LogP contribution in [0.1, 0.15) is 45.6 Å². The minimum absolute atomic E-state index is 0.0224. The van der Waals surface area contributed by atoms with Crippen LogP contribution in [0.4, 0.5) is 5.82 Å². The second-order valence-corrected chi connectivity index (χ2v) is 9.39. The highest BCUT2D eigenvalue weighted by atomic mass is 35.5. The van der Waals surface area contributed by atoms with Crippen LogP contribution in [0.3, 0.4) is 0 Å². The molecule has 180 valence electrons. The highest BCUT2D eigenvalue weighted by Crippen LogP contribution is 2.34. The Kier molecular flexibility index (Phi) is 8.37. The molecular formula is C24H33ClN4O4. The molecule has 2 aromatic rings. The van der Waals surface area contributed by atoms with Crippen molar-refractivity contribution in [2.24, 2.45) is 5.92 Å². The summed E-state index contributed by atoms with van der Waals surface area (Å²) in [6.45, 7) is 9.97. The molecule has 0 bridgehead atoms. The zero-order valence-electron chi connectivity index (χ0n) is 19.7. The van der Waals surface area contributed by atoms with Gasteiger partial charge in [0.15, 0.2) is 5.82 Å². The lowest BCUT2D eigenvalue weighted by atomic mass is 10.0. The van der Waals surface area contributed by atoms with Gasteiger partial charge in [0.2, 0.25) is 11.8 Å². The maximum atomic E-state index is 12.0. The second-order valence-electron chi connectivity index (χ2n) is 9.01. The van der Waals surface area contributed by atoms with E-state index < -0.39 is 5.60 Å². The van der Waals surface area contributed by atoms with Gasteiger partial charge in [0.1, 0.15) is 23.7 Å². The van der Waals surface area contributed by atoms with Gasteiger partial charge in [-0.25, -0.2) is 9.97 Å². The van der Waals surface area contributed by atoms with Crippen molar-refractivity contribution in [3.05, 3.63) is 41.2 Å². The summed E-state index contributed by atoms with van der Waals surface area (Å²) >= 11 is 6.49. The first-order chi connectivity index (χ1) is 15.7.